The fraction of sp³-hybridized carbons (Fsp3) is 0.455. The summed E-state index contributed by atoms with van der Waals surface area (Å²) in [6.07, 6.45) is 0. The molecule has 0 bridgehead atoms. The summed E-state index contributed by atoms with van der Waals surface area (Å²) < 4.78 is 5.24. The van der Waals surface area contributed by atoms with Crippen molar-refractivity contribution in [3.05, 3.63) is 23.9 Å². The van der Waals surface area contributed by atoms with Crippen LogP contribution in [0.2, 0.25) is 0 Å². The zero-order valence-corrected chi connectivity index (χ0v) is 9.43. The van der Waals surface area contributed by atoms with Crippen LogP contribution in [0.3, 0.4) is 0 Å². The molecule has 5 heteroatoms. The lowest BCUT2D eigenvalue weighted by Crippen LogP contribution is -2.22. The van der Waals surface area contributed by atoms with Crippen molar-refractivity contribution < 1.29 is 14.6 Å². The van der Waals surface area contributed by atoms with Gasteiger partial charge in [0.15, 0.2) is 5.69 Å². The van der Waals surface area contributed by atoms with Gasteiger partial charge in [0.25, 0.3) is 0 Å². The Bertz CT molecular complexity index is 355. The first-order valence-corrected chi connectivity index (χ1v) is 5.18. The van der Waals surface area contributed by atoms with Crippen LogP contribution in [0.4, 0.5) is 5.82 Å². The van der Waals surface area contributed by atoms with Crippen LogP contribution in [0.5, 0.6) is 0 Å². The second-order valence-electron chi connectivity index (χ2n) is 3.42. The predicted octanol–water partition coefficient (Wildman–Crippen LogP) is 1.62. The number of carboxylic acids is 1. The quantitative estimate of drug-likeness (QED) is 0.768. The molecule has 0 radical (unpaired) electrons. The molecule has 0 amide bonds. The molecule has 0 aliphatic heterocycles. The van der Waals surface area contributed by atoms with Crippen molar-refractivity contribution in [2.75, 3.05) is 18.5 Å². The van der Waals surface area contributed by atoms with E-state index in [9.17, 15) is 4.79 Å². The monoisotopic (exact) mass is 224 g/mol. The second kappa shape index (κ2) is 6.07. The maximum absolute atomic E-state index is 10.7. The van der Waals surface area contributed by atoms with Gasteiger partial charge in [0.05, 0.1) is 6.61 Å². The number of nitrogens with zero attached hydrogens (tertiary/aromatic N) is 1. The van der Waals surface area contributed by atoms with Gasteiger partial charge in [-0.25, -0.2) is 9.78 Å². The molecule has 0 fully saturated rings. The van der Waals surface area contributed by atoms with E-state index in [1.807, 2.05) is 13.8 Å². The molecule has 5 nitrogen and oxygen atoms in total. The number of anilines is 1. The van der Waals surface area contributed by atoms with Gasteiger partial charge >= 0.3 is 5.97 Å². The molecule has 16 heavy (non-hydrogen) atoms. The van der Waals surface area contributed by atoms with E-state index in [4.69, 9.17) is 9.84 Å². The Morgan fingerprint density at radius 2 is 2.38 bits per heavy atom. The van der Waals surface area contributed by atoms with Crippen molar-refractivity contribution in [2.24, 2.45) is 0 Å². The van der Waals surface area contributed by atoms with Gasteiger partial charge < -0.3 is 15.2 Å². The minimum Gasteiger partial charge on any atom is -0.477 e. The van der Waals surface area contributed by atoms with Gasteiger partial charge in [0.2, 0.25) is 0 Å². The van der Waals surface area contributed by atoms with E-state index in [1.54, 1.807) is 12.1 Å². The molecule has 0 aliphatic carbocycles. The number of carbonyl (C=O) groups is 1. The minimum atomic E-state index is -1.03. The summed E-state index contributed by atoms with van der Waals surface area (Å²) in [5.41, 5.74) is 0.0357. The van der Waals surface area contributed by atoms with Gasteiger partial charge in [0, 0.05) is 12.6 Å². The van der Waals surface area contributed by atoms with Gasteiger partial charge in [0.1, 0.15) is 5.82 Å². The number of nitrogens with one attached hydrogen (secondary N) is 1. The highest BCUT2D eigenvalue weighted by molar-refractivity contribution is 5.85. The number of pyridine rings is 1. The first-order valence-electron chi connectivity index (χ1n) is 5.18. The topological polar surface area (TPSA) is 71.5 Å². The number of carboxylic acid groups (broad SMARTS) is 1. The smallest absolute Gasteiger partial charge is 0.354 e. The van der Waals surface area contributed by atoms with Crippen molar-refractivity contribution in [1.82, 2.24) is 4.98 Å². The zero-order valence-electron chi connectivity index (χ0n) is 9.43. The number of aromatic carboxylic acids is 1. The van der Waals surface area contributed by atoms with Crippen molar-refractivity contribution >= 4 is 11.8 Å². The van der Waals surface area contributed by atoms with E-state index in [0.717, 1.165) is 0 Å². The molecule has 0 saturated carbocycles. The number of hydrogen-bond donors (Lipinski definition) is 2. The first kappa shape index (κ1) is 12.4. The Labute approximate surface area is 94.5 Å². The molecule has 1 rings (SSSR count). The number of ether oxygens (including phenoxy) is 1. The predicted molar refractivity (Wildman–Crippen MR) is 60.8 cm³/mol. The molecule has 0 spiro atoms. The fourth-order valence-electron chi connectivity index (χ4n) is 1.22. The average molecular weight is 224 g/mol. The molecule has 0 aromatic carbocycles. The molecule has 1 unspecified atom stereocenters. The molecule has 0 aliphatic rings. The van der Waals surface area contributed by atoms with Crippen molar-refractivity contribution in [3.8, 4) is 0 Å². The maximum atomic E-state index is 10.7. The van der Waals surface area contributed by atoms with E-state index in [0.29, 0.717) is 19.0 Å². The molecule has 2 N–H and O–H groups in total. The molecular formula is C11H16N2O3. The third-order valence-corrected chi connectivity index (χ3v) is 1.93. The molecule has 1 atom stereocenters. The van der Waals surface area contributed by atoms with Gasteiger partial charge in [-0.05, 0) is 26.0 Å². The molecule has 1 aromatic rings. The van der Waals surface area contributed by atoms with Gasteiger partial charge in [-0.2, -0.15) is 0 Å². The van der Waals surface area contributed by atoms with Crippen LogP contribution in [-0.4, -0.2) is 35.3 Å². The lowest BCUT2D eigenvalue weighted by Gasteiger charge is -2.14. The van der Waals surface area contributed by atoms with Crippen molar-refractivity contribution in [2.45, 2.75) is 19.9 Å². The Balaban J connectivity index is 2.59. The lowest BCUT2D eigenvalue weighted by atomic mass is 10.3. The highest BCUT2D eigenvalue weighted by Crippen LogP contribution is 2.06. The normalized spacial score (nSPS) is 12.1. The number of rotatable bonds is 6. The molecule has 1 aromatic heterocycles. The Morgan fingerprint density at radius 1 is 1.62 bits per heavy atom. The SMILES string of the molecule is CCOCC(C)Nc1cccc(C(=O)O)n1. The summed E-state index contributed by atoms with van der Waals surface area (Å²) in [6.45, 7) is 5.10. The Hall–Kier alpha value is -1.62. The van der Waals surface area contributed by atoms with E-state index in [1.165, 1.54) is 6.07 Å². The zero-order chi connectivity index (χ0) is 12.0. The summed E-state index contributed by atoms with van der Waals surface area (Å²) in [4.78, 5) is 14.7. The standard InChI is InChI=1S/C11H16N2O3/c1-3-16-7-8(2)12-10-6-4-5-9(13-10)11(14)15/h4-6,8H,3,7H2,1-2H3,(H,12,13)(H,14,15). The van der Waals surface area contributed by atoms with Crippen LogP contribution in [0.25, 0.3) is 0 Å². The van der Waals surface area contributed by atoms with E-state index >= 15 is 0 Å². The highest BCUT2D eigenvalue weighted by Gasteiger charge is 2.07. The summed E-state index contributed by atoms with van der Waals surface area (Å²) in [6, 6.07) is 4.94. The van der Waals surface area contributed by atoms with Crippen LogP contribution in [-0.2, 0) is 4.74 Å². The summed E-state index contributed by atoms with van der Waals surface area (Å²) in [7, 11) is 0. The van der Waals surface area contributed by atoms with Crippen LogP contribution in [0.1, 0.15) is 24.3 Å². The van der Waals surface area contributed by atoms with Crippen LogP contribution in [0, 0.1) is 0 Å². The van der Waals surface area contributed by atoms with Crippen molar-refractivity contribution in [3.63, 3.8) is 0 Å². The second-order valence-corrected chi connectivity index (χ2v) is 3.42. The van der Waals surface area contributed by atoms with Gasteiger partial charge in [-0.15, -0.1) is 0 Å². The fourth-order valence-corrected chi connectivity index (χ4v) is 1.22. The Kier molecular flexibility index (Phi) is 4.72. The van der Waals surface area contributed by atoms with Crippen LogP contribution < -0.4 is 5.32 Å². The summed E-state index contributed by atoms with van der Waals surface area (Å²) in [5, 5.41) is 11.8. The maximum Gasteiger partial charge on any atom is 0.354 e. The highest BCUT2D eigenvalue weighted by atomic mass is 16.5. The largest absolute Gasteiger partial charge is 0.477 e. The first-order chi connectivity index (χ1) is 7.63. The number of hydrogen-bond acceptors (Lipinski definition) is 4. The summed E-state index contributed by atoms with van der Waals surface area (Å²) >= 11 is 0. The minimum absolute atomic E-state index is 0.0357. The Morgan fingerprint density at radius 3 is 3.00 bits per heavy atom. The van der Waals surface area contributed by atoms with Crippen LogP contribution >= 0.6 is 0 Å². The molecule has 1 heterocycles. The van der Waals surface area contributed by atoms with E-state index < -0.39 is 5.97 Å². The van der Waals surface area contributed by atoms with Crippen molar-refractivity contribution in [1.29, 1.82) is 0 Å². The van der Waals surface area contributed by atoms with E-state index in [-0.39, 0.29) is 11.7 Å². The molecular weight excluding hydrogens is 208 g/mol. The van der Waals surface area contributed by atoms with Gasteiger partial charge in [-0.3, -0.25) is 0 Å². The molecule has 0 saturated heterocycles. The van der Waals surface area contributed by atoms with Gasteiger partial charge in [-0.1, -0.05) is 6.07 Å². The third kappa shape index (κ3) is 3.86. The summed E-state index contributed by atoms with van der Waals surface area (Å²) in [5.74, 6) is -0.479. The van der Waals surface area contributed by atoms with E-state index in [2.05, 4.69) is 10.3 Å². The lowest BCUT2D eigenvalue weighted by molar-refractivity contribution is 0.0690. The van der Waals surface area contributed by atoms with Crippen LogP contribution in [0.15, 0.2) is 18.2 Å². The molecule has 88 valence electrons. The third-order valence-electron chi connectivity index (χ3n) is 1.93. The number of aromatic nitrogens is 1. The average Bonchev–Trinajstić information content (AvgIpc) is 2.26.